The van der Waals surface area contributed by atoms with Gasteiger partial charge in [-0.15, -0.1) is 0 Å². The molecule has 0 aliphatic rings. The summed E-state index contributed by atoms with van der Waals surface area (Å²) in [6.45, 7) is 0. The molecule has 0 radical (unpaired) electrons. The fraction of sp³-hybridized carbons (Fsp3) is 0. The van der Waals surface area contributed by atoms with Crippen molar-refractivity contribution in [2.75, 3.05) is 0 Å². The Labute approximate surface area is 68.6 Å². The SMILES string of the molecule is O/N=C\c1c[nH]c2ncccc12. The van der Waals surface area contributed by atoms with Crippen molar-refractivity contribution in [3.05, 3.63) is 30.1 Å². The Morgan fingerprint density at radius 2 is 2.50 bits per heavy atom. The number of fused-ring (bicyclic) bond motifs is 1. The van der Waals surface area contributed by atoms with Gasteiger partial charge in [-0.05, 0) is 12.1 Å². The van der Waals surface area contributed by atoms with Crippen LogP contribution in [0.4, 0.5) is 0 Å². The van der Waals surface area contributed by atoms with Crippen LogP contribution in [0.1, 0.15) is 5.56 Å². The summed E-state index contributed by atoms with van der Waals surface area (Å²) in [4.78, 5) is 7.04. The number of nitrogens with one attached hydrogen (secondary N) is 1. The van der Waals surface area contributed by atoms with Crippen molar-refractivity contribution in [2.24, 2.45) is 5.16 Å². The standard InChI is InChI=1S/C8H7N3O/c12-11-5-6-4-10-8-7(6)2-1-3-9-8/h1-5,12H,(H,9,10)/b11-5-. The van der Waals surface area contributed by atoms with Gasteiger partial charge < -0.3 is 10.2 Å². The summed E-state index contributed by atoms with van der Waals surface area (Å²) in [6, 6.07) is 3.75. The van der Waals surface area contributed by atoms with E-state index in [0.29, 0.717) is 0 Å². The van der Waals surface area contributed by atoms with Crippen LogP contribution in [0.5, 0.6) is 0 Å². The van der Waals surface area contributed by atoms with Gasteiger partial charge in [-0.2, -0.15) is 0 Å². The Morgan fingerprint density at radius 1 is 1.58 bits per heavy atom. The molecule has 2 N–H and O–H groups in total. The lowest BCUT2D eigenvalue weighted by atomic mass is 10.2. The van der Waals surface area contributed by atoms with Gasteiger partial charge in [-0.25, -0.2) is 4.98 Å². The lowest BCUT2D eigenvalue weighted by molar-refractivity contribution is 0.322. The van der Waals surface area contributed by atoms with Gasteiger partial charge in [0.25, 0.3) is 0 Å². The summed E-state index contributed by atoms with van der Waals surface area (Å²) >= 11 is 0. The van der Waals surface area contributed by atoms with E-state index in [2.05, 4.69) is 15.1 Å². The van der Waals surface area contributed by atoms with Crippen LogP contribution in [0, 0.1) is 0 Å². The first kappa shape index (κ1) is 6.84. The third-order valence-electron chi connectivity index (χ3n) is 1.68. The largest absolute Gasteiger partial charge is 0.411 e. The van der Waals surface area contributed by atoms with Gasteiger partial charge >= 0.3 is 0 Å². The van der Waals surface area contributed by atoms with E-state index in [1.54, 1.807) is 12.4 Å². The Bertz CT molecular complexity index is 419. The van der Waals surface area contributed by atoms with Crippen LogP contribution in [0.15, 0.2) is 29.7 Å². The molecule has 0 saturated heterocycles. The number of pyridine rings is 1. The molecule has 4 heteroatoms. The molecule has 0 aliphatic heterocycles. The molecule has 0 fully saturated rings. The molecule has 4 nitrogen and oxygen atoms in total. The van der Waals surface area contributed by atoms with Crippen molar-refractivity contribution in [1.82, 2.24) is 9.97 Å². The highest BCUT2D eigenvalue weighted by Crippen LogP contribution is 2.12. The van der Waals surface area contributed by atoms with Gasteiger partial charge in [0, 0.05) is 23.3 Å². The summed E-state index contributed by atoms with van der Waals surface area (Å²) in [6.07, 6.45) is 4.83. The van der Waals surface area contributed by atoms with E-state index in [-0.39, 0.29) is 0 Å². The number of nitrogens with zero attached hydrogens (tertiary/aromatic N) is 2. The molecule has 60 valence electrons. The number of hydrogen-bond donors (Lipinski definition) is 2. The average molecular weight is 161 g/mol. The molecule has 0 saturated carbocycles. The predicted octanol–water partition coefficient (Wildman–Crippen LogP) is 1.37. The zero-order chi connectivity index (χ0) is 8.39. The van der Waals surface area contributed by atoms with Crippen molar-refractivity contribution < 1.29 is 5.21 Å². The highest BCUT2D eigenvalue weighted by Gasteiger charge is 1.99. The van der Waals surface area contributed by atoms with Gasteiger partial charge in [0.1, 0.15) is 5.65 Å². The minimum absolute atomic E-state index is 0.799. The average Bonchev–Trinajstić information content (AvgIpc) is 2.50. The molecule has 0 atom stereocenters. The third-order valence-corrected chi connectivity index (χ3v) is 1.68. The first-order valence-corrected chi connectivity index (χ1v) is 3.51. The van der Waals surface area contributed by atoms with Crippen LogP contribution in [-0.2, 0) is 0 Å². The van der Waals surface area contributed by atoms with Crippen molar-refractivity contribution in [3.8, 4) is 0 Å². The van der Waals surface area contributed by atoms with Gasteiger partial charge in [0.15, 0.2) is 0 Å². The fourth-order valence-electron chi connectivity index (χ4n) is 1.15. The number of oxime groups is 1. The predicted molar refractivity (Wildman–Crippen MR) is 45.5 cm³/mol. The zero-order valence-electron chi connectivity index (χ0n) is 6.23. The van der Waals surface area contributed by atoms with E-state index >= 15 is 0 Å². The number of hydrogen-bond acceptors (Lipinski definition) is 3. The quantitative estimate of drug-likeness (QED) is 0.377. The Hall–Kier alpha value is -1.84. The maximum Gasteiger partial charge on any atom is 0.137 e. The lowest BCUT2D eigenvalue weighted by Gasteiger charge is -1.87. The molecule has 0 amide bonds. The number of rotatable bonds is 1. The molecule has 2 heterocycles. The van der Waals surface area contributed by atoms with Crippen LogP contribution in [0.25, 0.3) is 11.0 Å². The summed E-state index contributed by atoms with van der Waals surface area (Å²) < 4.78 is 0. The second-order valence-corrected chi connectivity index (χ2v) is 2.39. The molecule has 0 spiro atoms. The van der Waals surface area contributed by atoms with E-state index in [4.69, 9.17) is 5.21 Å². The molecule has 2 rings (SSSR count). The molecule has 2 aromatic heterocycles. The minimum Gasteiger partial charge on any atom is -0.411 e. The van der Waals surface area contributed by atoms with Crippen molar-refractivity contribution >= 4 is 17.2 Å². The van der Waals surface area contributed by atoms with Crippen LogP contribution in [-0.4, -0.2) is 21.4 Å². The number of aromatic amines is 1. The van der Waals surface area contributed by atoms with E-state index in [0.717, 1.165) is 16.6 Å². The van der Waals surface area contributed by atoms with E-state index < -0.39 is 0 Å². The van der Waals surface area contributed by atoms with Gasteiger partial charge in [-0.3, -0.25) is 0 Å². The molecule has 0 aliphatic carbocycles. The smallest absolute Gasteiger partial charge is 0.137 e. The van der Waals surface area contributed by atoms with Gasteiger partial charge in [-0.1, -0.05) is 5.16 Å². The van der Waals surface area contributed by atoms with Crippen molar-refractivity contribution in [1.29, 1.82) is 0 Å². The van der Waals surface area contributed by atoms with Crippen LogP contribution in [0.2, 0.25) is 0 Å². The third kappa shape index (κ3) is 0.934. The number of aromatic nitrogens is 2. The highest BCUT2D eigenvalue weighted by atomic mass is 16.4. The molecular weight excluding hydrogens is 154 g/mol. The van der Waals surface area contributed by atoms with Gasteiger partial charge in [0.05, 0.1) is 6.21 Å². The van der Waals surface area contributed by atoms with E-state index in [1.807, 2.05) is 12.1 Å². The Balaban J connectivity index is 2.70. The molecule has 0 aromatic carbocycles. The topological polar surface area (TPSA) is 61.3 Å². The first-order chi connectivity index (χ1) is 5.92. The first-order valence-electron chi connectivity index (χ1n) is 3.51. The molecule has 0 unspecified atom stereocenters. The van der Waals surface area contributed by atoms with Crippen LogP contribution in [0.3, 0.4) is 0 Å². The summed E-state index contributed by atoms with van der Waals surface area (Å²) in [5.74, 6) is 0. The Kier molecular flexibility index (Phi) is 1.51. The highest BCUT2D eigenvalue weighted by molar-refractivity contribution is 5.97. The molecule has 0 bridgehead atoms. The fourth-order valence-corrected chi connectivity index (χ4v) is 1.15. The van der Waals surface area contributed by atoms with E-state index in [9.17, 15) is 0 Å². The summed E-state index contributed by atoms with van der Waals surface area (Å²) in [7, 11) is 0. The maximum absolute atomic E-state index is 8.33. The second-order valence-electron chi connectivity index (χ2n) is 2.39. The maximum atomic E-state index is 8.33. The summed E-state index contributed by atoms with van der Waals surface area (Å²) in [5.41, 5.74) is 1.63. The van der Waals surface area contributed by atoms with Gasteiger partial charge in [0.2, 0.25) is 0 Å². The van der Waals surface area contributed by atoms with Crippen LogP contribution < -0.4 is 0 Å². The lowest BCUT2D eigenvalue weighted by Crippen LogP contribution is -1.77. The zero-order valence-corrected chi connectivity index (χ0v) is 6.23. The summed E-state index contributed by atoms with van der Waals surface area (Å²) in [5, 5.41) is 12.2. The molecule has 12 heavy (non-hydrogen) atoms. The normalized spacial score (nSPS) is 11.3. The molecule has 2 aromatic rings. The van der Waals surface area contributed by atoms with Crippen molar-refractivity contribution in [3.63, 3.8) is 0 Å². The monoisotopic (exact) mass is 161 g/mol. The van der Waals surface area contributed by atoms with Crippen molar-refractivity contribution in [2.45, 2.75) is 0 Å². The molecular formula is C8H7N3O. The second kappa shape index (κ2) is 2.65. The Morgan fingerprint density at radius 3 is 3.33 bits per heavy atom. The van der Waals surface area contributed by atoms with E-state index in [1.165, 1.54) is 6.21 Å². The van der Waals surface area contributed by atoms with Crippen LogP contribution >= 0.6 is 0 Å². The minimum atomic E-state index is 0.799. The number of H-pyrrole nitrogens is 1.